The van der Waals surface area contributed by atoms with Crippen LogP contribution in [0.15, 0.2) is 83.2 Å². The van der Waals surface area contributed by atoms with Crippen molar-refractivity contribution in [2.45, 2.75) is 19.4 Å². The Morgan fingerprint density at radius 3 is 2.27 bits per heavy atom. The zero-order valence-corrected chi connectivity index (χ0v) is 23.8. The Kier molecular flexibility index (Phi) is 10.2. The van der Waals surface area contributed by atoms with Gasteiger partial charge in [-0.2, -0.15) is 5.10 Å². The van der Waals surface area contributed by atoms with Crippen molar-refractivity contribution >= 4 is 34.3 Å². The highest BCUT2D eigenvalue weighted by Gasteiger charge is 2.18. The monoisotopic (exact) mass is 556 g/mol. The standard InChI is InChI=1S/C31H36N6O4/c1-31(2,23-10-6-5-7-11-23)35-20-27(37-32)22-9-8-12-24(17-22)36-30-25-18-28(40-15-13-38-3)29(41-16-14-39-4)19-26(25)33-21-34-30/h5-12,17-21H,13-16,32H2,1-4H3,(H,33,34,36). The zero-order chi connectivity index (χ0) is 29.1. The molecular weight excluding hydrogens is 520 g/mol. The van der Waals surface area contributed by atoms with E-state index in [1.54, 1.807) is 20.4 Å². The molecule has 4 rings (SSSR count). The summed E-state index contributed by atoms with van der Waals surface area (Å²) in [7, 11) is 3.25. The van der Waals surface area contributed by atoms with E-state index in [2.05, 4.69) is 32.5 Å². The Morgan fingerprint density at radius 2 is 1.59 bits per heavy atom. The van der Waals surface area contributed by atoms with Crippen LogP contribution in [-0.4, -0.2) is 62.5 Å². The highest BCUT2D eigenvalue weighted by molar-refractivity contribution is 6.38. The third-order valence-corrected chi connectivity index (χ3v) is 6.34. The van der Waals surface area contributed by atoms with Gasteiger partial charge in [-0.15, -0.1) is 0 Å². The van der Waals surface area contributed by atoms with E-state index in [0.29, 0.717) is 55.0 Å². The lowest BCUT2D eigenvalue weighted by atomic mass is 9.95. The molecule has 0 atom stereocenters. The van der Waals surface area contributed by atoms with E-state index < -0.39 is 5.54 Å². The van der Waals surface area contributed by atoms with Gasteiger partial charge in [0.05, 0.1) is 30.5 Å². The van der Waals surface area contributed by atoms with Gasteiger partial charge in [-0.05, 0) is 37.6 Å². The second-order valence-electron chi connectivity index (χ2n) is 9.62. The highest BCUT2D eigenvalue weighted by Crippen LogP contribution is 2.35. The van der Waals surface area contributed by atoms with Crippen molar-refractivity contribution < 1.29 is 18.9 Å². The van der Waals surface area contributed by atoms with Crippen LogP contribution in [-0.2, 0) is 15.0 Å². The summed E-state index contributed by atoms with van der Waals surface area (Å²) in [5.41, 5.74) is 3.50. The summed E-state index contributed by atoms with van der Waals surface area (Å²) < 4.78 is 22.1. The third kappa shape index (κ3) is 7.77. The summed E-state index contributed by atoms with van der Waals surface area (Å²) in [5.74, 6) is 7.53. The van der Waals surface area contributed by atoms with Crippen LogP contribution < -0.4 is 20.6 Å². The molecule has 0 unspecified atom stereocenters. The number of nitrogens with zero attached hydrogens (tertiary/aromatic N) is 4. The van der Waals surface area contributed by atoms with E-state index in [1.807, 2.05) is 68.4 Å². The Morgan fingerprint density at radius 1 is 0.878 bits per heavy atom. The molecular formula is C31H36N6O4. The smallest absolute Gasteiger partial charge is 0.163 e. The lowest BCUT2D eigenvalue weighted by Crippen LogP contribution is -2.16. The summed E-state index contributed by atoms with van der Waals surface area (Å²) in [6, 6.07) is 21.5. The second kappa shape index (κ2) is 14.2. The van der Waals surface area contributed by atoms with Gasteiger partial charge in [-0.25, -0.2) is 9.97 Å². The molecule has 0 spiro atoms. The predicted octanol–water partition coefficient (Wildman–Crippen LogP) is 5.09. The number of aliphatic imine (C=N–C) groups is 1. The fourth-order valence-electron chi connectivity index (χ4n) is 4.08. The van der Waals surface area contributed by atoms with Gasteiger partial charge in [-0.1, -0.05) is 42.5 Å². The Balaban J connectivity index is 1.60. The Hall–Kier alpha value is -4.54. The number of fused-ring (bicyclic) bond motifs is 1. The minimum absolute atomic E-state index is 0.366. The van der Waals surface area contributed by atoms with Gasteiger partial charge in [0.1, 0.15) is 31.1 Å². The minimum Gasteiger partial charge on any atom is -0.487 e. The zero-order valence-electron chi connectivity index (χ0n) is 23.8. The van der Waals surface area contributed by atoms with Crippen molar-refractivity contribution in [3.63, 3.8) is 0 Å². The number of ether oxygens (including phenoxy) is 4. The molecule has 1 aromatic heterocycles. The maximum Gasteiger partial charge on any atom is 0.163 e. The van der Waals surface area contributed by atoms with E-state index in [4.69, 9.17) is 29.8 Å². The molecule has 4 aromatic rings. The molecule has 10 heteroatoms. The SMILES string of the molecule is COCCOc1cc2ncnc(Nc3cccc(C(C=NC(C)(C)c4ccccc4)=NN)c3)c2cc1OCCOC. The van der Waals surface area contributed by atoms with Crippen LogP contribution in [0.2, 0.25) is 0 Å². The van der Waals surface area contributed by atoms with Gasteiger partial charge >= 0.3 is 0 Å². The first-order valence-electron chi connectivity index (χ1n) is 13.2. The molecule has 0 bridgehead atoms. The molecule has 3 aromatic carbocycles. The van der Waals surface area contributed by atoms with Crippen LogP contribution >= 0.6 is 0 Å². The number of hydrogen-bond acceptors (Lipinski definition) is 10. The molecule has 0 radical (unpaired) electrons. The number of hydrogen-bond donors (Lipinski definition) is 2. The molecule has 0 saturated carbocycles. The quantitative estimate of drug-likeness (QED) is 0.0952. The maximum absolute atomic E-state index is 5.95. The van der Waals surface area contributed by atoms with Crippen LogP contribution in [0.5, 0.6) is 11.5 Å². The molecule has 1 heterocycles. The van der Waals surface area contributed by atoms with Crippen LogP contribution in [0, 0.1) is 0 Å². The third-order valence-electron chi connectivity index (χ3n) is 6.34. The van der Waals surface area contributed by atoms with Crippen LogP contribution in [0.25, 0.3) is 10.9 Å². The molecule has 3 N–H and O–H groups in total. The first kappa shape index (κ1) is 29.4. The average molecular weight is 557 g/mol. The molecule has 214 valence electrons. The van der Waals surface area contributed by atoms with Crippen LogP contribution in [0.1, 0.15) is 25.0 Å². The van der Waals surface area contributed by atoms with Crippen molar-refractivity contribution in [1.82, 2.24) is 9.97 Å². The van der Waals surface area contributed by atoms with E-state index in [-0.39, 0.29) is 0 Å². The van der Waals surface area contributed by atoms with E-state index >= 15 is 0 Å². The van der Waals surface area contributed by atoms with Crippen molar-refractivity contribution in [3.8, 4) is 11.5 Å². The molecule has 0 aliphatic heterocycles. The van der Waals surface area contributed by atoms with Gasteiger partial charge < -0.3 is 30.1 Å². The highest BCUT2D eigenvalue weighted by atomic mass is 16.5. The number of nitrogens with two attached hydrogens (primary N) is 1. The summed E-state index contributed by atoms with van der Waals surface area (Å²) in [6.07, 6.45) is 3.21. The average Bonchev–Trinajstić information content (AvgIpc) is 2.99. The maximum atomic E-state index is 5.95. The number of aromatic nitrogens is 2. The number of nitrogens with one attached hydrogen (secondary N) is 1. The topological polar surface area (TPSA) is 125 Å². The molecule has 0 fully saturated rings. The number of benzene rings is 3. The van der Waals surface area contributed by atoms with Gasteiger partial charge in [0.15, 0.2) is 11.5 Å². The van der Waals surface area contributed by atoms with E-state index in [0.717, 1.165) is 22.2 Å². The fraction of sp³-hybridized carbons (Fsp3) is 0.290. The number of rotatable bonds is 14. The van der Waals surface area contributed by atoms with E-state index in [9.17, 15) is 0 Å². The number of methoxy groups -OCH3 is 2. The number of hydrazone groups is 1. The largest absolute Gasteiger partial charge is 0.487 e. The van der Waals surface area contributed by atoms with Crippen molar-refractivity contribution in [2.24, 2.45) is 15.9 Å². The molecule has 0 aliphatic rings. The van der Waals surface area contributed by atoms with Gasteiger partial charge in [0.25, 0.3) is 0 Å². The summed E-state index contributed by atoms with van der Waals surface area (Å²) in [6.45, 7) is 5.73. The molecule has 0 aliphatic carbocycles. The first-order chi connectivity index (χ1) is 19.9. The predicted molar refractivity (Wildman–Crippen MR) is 163 cm³/mol. The molecule has 41 heavy (non-hydrogen) atoms. The Labute approximate surface area is 240 Å². The fourth-order valence-corrected chi connectivity index (χ4v) is 4.08. The van der Waals surface area contributed by atoms with Gasteiger partial charge in [0, 0.05) is 36.9 Å². The van der Waals surface area contributed by atoms with Crippen molar-refractivity contribution in [3.05, 3.63) is 84.2 Å². The van der Waals surface area contributed by atoms with Crippen LogP contribution in [0.4, 0.5) is 11.5 Å². The first-order valence-corrected chi connectivity index (χ1v) is 13.2. The van der Waals surface area contributed by atoms with Crippen molar-refractivity contribution in [2.75, 3.05) is 46.0 Å². The Bertz CT molecular complexity index is 1490. The lowest BCUT2D eigenvalue weighted by molar-refractivity contribution is 0.132. The molecule has 0 amide bonds. The van der Waals surface area contributed by atoms with Gasteiger partial charge in [0.2, 0.25) is 0 Å². The number of anilines is 2. The summed E-state index contributed by atoms with van der Waals surface area (Å²) in [4.78, 5) is 13.7. The summed E-state index contributed by atoms with van der Waals surface area (Å²) in [5, 5.41) is 8.17. The lowest BCUT2D eigenvalue weighted by Gasteiger charge is -2.20. The van der Waals surface area contributed by atoms with Crippen LogP contribution in [0.3, 0.4) is 0 Å². The molecule has 0 saturated heterocycles. The summed E-state index contributed by atoms with van der Waals surface area (Å²) >= 11 is 0. The van der Waals surface area contributed by atoms with Crippen molar-refractivity contribution in [1.29, 1.82) is 0 Å². The van der Waals surface area contributed by atoms with E-state index in [1.165, 1.54) is 6.33 Å². The normalized spacial score (nSPS) is 12.1. The second-order valence-corrected chi connectivity index (χ2v) is 9.62. The molecule has 10 nitrogen and oxygen atoms in total. The van der Waals surface area contributed by atoms with Gasteiger partial charge in [-0.3, -0.25) is 4.99 Å². The minimum atomic E-state index is -0.442.